The third-order valence-corrected chi connectivity index (χ3v) is 4.99. The van der Waals surface area contributed by atoms with Gasteiger partial charge in [-0.1, -0.05) is 5.16 Å². The average molecular weight is 425 g/mol. The summed E-state index contributed by atoms with van der Waals surface area (Å²) in [4.78, 5) is 17.6. The molecule has 0 radical (unpaired) electrons. The molecule has 0 unspecified atom stereocenters. The highest BCUT2D eigenvalue weighted by molar-refractivity contribution is 5.79. The third-order valence-electron chi connectivity index (χ3n) is 4.99. The van der Waals surface area contributed by atoms with Crippen LogP contribution in [-0.4, -0.2) is 39.1 Å². The largest absolute Gasteiger partial charge is 0.356 e. The van der Waals surface area contributed by atoms with Crippen molar-refractivity contribution >= 4 is 11.0 Å². The molecule has 4 heterocycles. The van der Waals surface area contributed by atoms with Crippen molar-refractivity contribution in [3.63, 3.8) is 0 Å². The molecule has 0 bridgehead atoms. The van der Waals surface area contributed by atoms with Crippen LogP contribution in [0.3, 0.4) is 0 Å². The first-order chi connectivity index (χ1) is 19.9. The van der Waals surface area contributed by atoms with Gasteiger partial charge < -0.3 is 9.42 Å². The molecule has 1 fully saturated rings. The second-order valence-electron chi connectivity index (χ2n) is 6.92. The number of rotatable bonds is 4. The van der Waals surface area contributed by atoms with Gasteiger partial charge in [0.1, 0.15) is 11.6 Å². The van der Waals surface area contributed by atoms with Gasteiger partial charge in [-0.15, -0.1) is 0 Å². The average Bonchev–Trinajstić information content (AvgIpc) is 3.30. The minimum Gasteiger partial charge on any atom is -0.356 e. The number of hydrogen-bond acceptors (Lipinski definition) is 5. The quantitative estimate of drug-likeness (QED) is 0.640. The first-order valence-corrected chi connectivity index (χ1v) is 9.42. The van der Waals surface area contributed by atoms with Crippen molar-refractivity contribution in [1.29, 1.82) is 0 Å². The Morgan fingerprint density at radius 1 is 1.37 bits per heavy atom. The van der Waals surface area contributed by atoms with Crippen LogP contribution >= 0.6 is 0 Å². The van der Waals surface area contributed by atoms with Crippen LogP contribution in [0.2, 0.25) is 0 Å². The molecule has 1 aromatic carbocycles. The van der Waals surface area contributed by atoms with Crippen molar-refractivity contribution in [2.75, 3.05) is 19.5 Å². The van der Waals surface area contributed by atoms with Crippen LogP contribution in [0.4, 0.5) is 4.39 Å². The summed E-state index contributed by atoms with van der Waals surface area (Å²) in [5.74, 6) is -4.60. The van der Waals surface area contributed by atoms with Crippen LogP contribution < -0.4 is 5.56 Å². The standard InChI is InChI=1S/C23H27FN4O2/c1-15-18(23(29)28-10-3-2-4-21(28)25-15)9-13-27-11-7-16(8-12-27)22-19-6-5-17(24)14-20(19)30-26-22/h5-6,14,16H,2-4,7-13H2,1H3/i1D3,4D2,7D2,8D2,11D2,12D2,16D. The molecular formula is C23H27FN4O2. The van der Waals surface area contributed by atoms with Gasteiger partial charge in [0.15, 0.2) is 5.58 Å². The molecule has 2 aliphatic heterocycles. The van der Waals surface area contributed by atoms with Gasteiger partial charge in [-0.25, -0.2) is 9.37 Å². The zero-order valence-electron chi connectivity index (χ0n) is 29.8. The number of nitrogens with zero attached hydrogens (tertiary/aromatic N) is 4. The Kier molecular flexibility index (Phi) is 2.46. The second kappa shape index (κ2) is 7.95. The van der Waals surface area contributed by atoms with E-state index in [2.05, 4.69) is 10.1 Å². The Labute approximate surface area is 194 Å². The summed E-state index contributed by atoms with van der Waals surface area (Å²) in [7, 11) is 0. The van der Waals surface area contributed by atoms with Crippen molar-refractivity contribution < 1.29 is 28.1 Å². The minimum atomic E-state index is -3.60. The third kappa shape index (κ3) is 3.55. The van der Waals surface area contributed by atoms with E-state index in [0.29, 0.717) is 0 Å². The lowest BCUT2D eigenvalue weighted by atomic mass is 9.91. The van der Waals surface area contributed by atoms with E-state index in [9.17, 15) is 9.18 Å². The summed E-state index contributed by atoms with van der Waals surface area (Å²) in [5, 5.41) is 3.34. The SMILES string of the molecule is [2H]C([2H])([2H])c1nc2n(c(=O)c1CCN1C([2H])([2H])C([2H])([2H])C([2H])(c3noc4cc(F)ccc34)C([2H])([2H])C1([2H])[2H])CCCC2([2H])[2H]. The summed E-state index contributed by atoms with van der Waals surface area (Å²) in [6.07, 6.45) is -9.81. The number of halogens is 1. The van der Waals surface area contributed by atoms with Crippen LogP contribution in [-0.2, 0) is 19.3 Å². The molecule has 0 amide bonds. The lowest BCUT2D eigenvalue weighted by molar-refractivity contribution is 0.211. The lowest BCUT2D eigenvalue weighted by Gasteiger charge is -2.31. The van der Waals surface area contributed by atoms with Crippen molar-refractivity contribution in [1.82, 2.24) is 19.6 Å². The molecule has 30 heavy (non-hydrogen) atoms. The number of aromatic nitrogens is 3. The normalized spacial score (nSPS) is 34.8. The minimum absolute atomic E-state index is 0.0117. The van der Waals surface area contributed by atoms with E-state index in [0.717, 1.165) is 22.8 Å². The van der Waals surface area contributed by atoms with Crippen molar-refractivity contribution in [3.05, 3.63) is 57.1 Å². The Morgan fingerprint density at radius 2 is 2.23 bits per heavy atom. The van der Waals surface area contributed by atoms with Gasteiger partial charge in [0.25, 0.3) is 5.56 Å². The zero-order valence-corrected chi connectivity index (χ0v) is 15.8. The maximum atomic E-state index is 13.8. The van der Waals surface area contributed by atoms with Crippen LogP contribution in [0.15, 0.2) is 27.5 Å². The fraction of sp³-hybridized carbons (Fsp3) is 0.522. The highest BCUT2D eigenvalue weighted by Crippen LogP contribution is 2.32. The molecule has 6 nitrogen and oxygen atoms in total. The first kappa shape index (κ1) is 9.30. The fourth-order valence-electron chi connectivity index (χ4n) is 3.45. The predicted octanol–water partition coefficient (Wildman–Crippen LogP) is 3.59. The molecule has 0 N–H and O–H groups in total. The van der Waals surface area contributed by atoms with E-state index in [1.54, 1.807) is 0 Å². The topological polar surface area (TPSA) is 64.2 Å². The molecule has 1 saturated heterocycles. The Balaban J connectivity index is 1.63. The predicted molar refractivity (Wildman–Crippen MR) is 112 cm³/mol. The zero-order chi connectivity index (χ0) is 33.1. The summed E-state index contributed by atoms with van der Waals surface area (Å²) >= 11 is 0. The number of piperidine rings is 1. The van der Waals surface area contributed by atoms with E-state index in [-0.39, 0.29) is 35.3 Å². The number of aryl methyl sites for hydroxylation is 2. The molecule has 158 valence electrons. The monoisotopic (exact) mass is 424 g/mol. The Hall–Kier alpha value is -2.54. The molecule has 3 aromatic rings. The Morgan fingerprint density at radius 3 is 3.07 bits per heavy atom. The summed E-state index contributed by atoms with van der Waals surface area (Å²) in [5.41, 5.74) is -3.33. The van der Waals surface area contributed by atoms with E-state index in [1.165, 1.54) is 0 Å². The molecule has 0 aliphatic carbocycles. The smallest absolute Gasteiger partial charge is 0.256 e. The van der Waals surface area contributed by atoms with Gasteiger partial charge in [0.2, 0.25) is 0 Å². The molecule has 7 heteroatoms. The molecule has 2 aromatic heterocycles. The first-order valence-electron chi connectivity index (χ1n) is 16.4. The van der Waals surface area contributed by atoms with Crippen molar-refractivity contribution in [2.24, 2.45) is 0 Å². The van der Waals surface area contributed by atoms with E-state index in [1.807, 2.05) is 0 Å². The maximum absolute atomic E-state index is 13.8. The van der Waals surface area contributed by atoms with Gasteiger partial charge >= 0.3 is 0 Å². The number of likely N-dealkylation sites (tertiary alicyclic amines) is 1. The molecule has 0 atom stereocenters. The van der Waals surface area contributed by atoms with Crippen LogP contribution in [0, 0.1) is 12.7 Å². The molecule has 0 saturated carbocycles. The van der Waals surface area contributed by atoms with Crippen molar-refractivity contribution in [2.45, 2.75) is 57.7 Å². The van der Waals surface area contributed by atoms with Crippen LogP contribution in [0.5, 0.6) is 0 Å². The summed E-state index contributed by atoms with van der Waals surface area (Å²) in [6, 6.07) is 2.79. The van der Waals surface area contributed by atoms with Crippen LogP contribution in [0.25, 0.3) is 11.0 Å². The summed E-state index contributed by atoms with van der Waals surface area (Å²) in [6.45, 7) is -11.0. The Bertz CT molecular complexity index is 1670. The van der Waals surface area contributed by atoms with E-state index < -0.39 is 92.0 Å². The second-order valence-corrected chi connectivity index (χ2v) is 6.92. The van der Waals surface area contributed by atoms with E-state index in [4.69, 9.17) is 23.7 Å². The van der Waals surface area contributed by atoms with Gasteiger partial charge in [0, 0.05) is 67.3 Å². The molecular weight excluding hydrogens is 383 g/mol. The van der Waals surface area contributed by atoms with E-state index >= 15 is 0 Å². The highest BCUT2D eigenvalue weighted by Gasteiger charge is 2.25. The molecule has 2 aliphatic rings. The van der Waals surface area contributed by atoms with Gasteiger partial charge in [-0.05, 0) is 64.0 Å². The molecule has 5 rings (SSSR count). The number of benzene rings is 1. The highest BCUT2D eigenvalue weighted by atomic mass is 19.1. The maximum Gasteiger partial charge on any atom is 0.256 e. The molecule has 0 spiro atoms. The lowest BCUT2D eigenvalue weighted by Crippen LogP contribution is -2.37. The fourth-order valence-corrected chi connectivity index (χ4v) is 3.45. The van der Waals surface area contributed by atoms with Crippen molar-refractivity contribution in [3.8, 4) is 0 Å². The number of fused-ring (bicyclic) bond motifs is 2. The summed E-state index contributed by atoms with van der Waals surface area (Å²) < 4.78 is 139. The van der Waals surface area contributed by atoms with Gasteiger partial charge in [0.05, 0.1) is 5.69 Å². The number of hydrogen-bond donors (Lipinski definition) is 0. The van der Waals surface area contributed by atoms with Crippen LogP contribution in [0.1, 0.15) is 73.4 Å². The van der Waals surface area contributed by atoms with Gasteiger partial charge in [-0.2, -0.15) is 0 Å². The van der Waals surface area contributed by atoms with Gasteiger partial charge in [-0.3, -0.25) is 9.36 Å².